The Kier molecular flexibility index (Phi) is 6.27. The Morgan fingerprint density at radius 2 is 1.93 bits per heavy atom. The molecular weight excluding hydrogens is 522 g/mol. The number of likely N-dealkylation sites (tertiary alicyclic amines) is 1. The number of methoxy groups -OCH3 is 1. The minimum atomic E-state index is -1.19. The van der Waals surface area contributed by atoms with Crippen LogP contribution in [0.3, 0.4) is 0 Å². The standard InChI is InChI=1S/C33H47NO7/c1-29(2,3)30(4,36)23-17-31-10-11-33(23,37)28-32(31)12-13-34(18-20-6-7-20)24(31)16-21-8-9-22(27(41-28)26(21)32)40-25(35)19-39-15-14-38-5/h8-9,20,23-24,28,36-37H,6-7,10-19H2,1-5H3/t23-,24-,28-,30+,31?,32?,33+/m1/s1. The second kappa shape index (κ2) is 9.15. The van der Waals surface area contributed by atoms with Crippen molar-refractivity contribution in [3.05, 3.63) is 23.3 Å². The van der Waals surface area contributed by atoms with E-state index in [-0.39, 0.29) is 23.4 Å². The Morgan fingerprint density at radius 1 is 1.15 bits per heavy atom. The molecule has 0 radical (unpaired) electrons. The second-order valence-corrected chi connectivity index (χ2v) is 15.1. The largest absolute Gasteiger partial charge is 0.482 e. The Hall–Kier alpha value is -1.71. The first kappa shape index (κ1) is 28.1. The fourth-order valence-electron chi connectivity index (χ4n) is 9.78. The van der Waals surface area contributed by atoms with Crippen LogP contribution in [0.4, 0.5) is 0 Å². The molecule has 5 aliphatic carbocycles. The number of fused-ring (bicyclic) bond motifs is 2. The van der Waals surface area contributed by atoms with E-state index in [2.05, 4.69) is 31.7 Å². The zero-order chi connectivity index (χ0) is 29.0. The third-order valence-corrected chi connectivity index (χ3v) is 12.4. The van der Waals surface area contributed by atoms with Gasteiger partial charge in [-0.15, -0.1) is 0 Å². The fourth-order valence-corrected chi connectivity index (χ4v) is 9.78. The molecule has 2 N–H and O–H groups in total. The number of piperidine rings is 1. The lowest BCUT2D eigenvalue weighted by Crippen LogP contribution is -2.82. The number of aliphatic hydroxyl groups is 2. The summed E-state index contributed by atoms with van der Waals surface area (Å²) in [6.07, 6.45) is 6.27. The number of hydrogen-bond acceptors (Lipinski definition) is 8. The van der Waals surface area contributed by atoms with Gasteiger partial charge in [0, 0.05) is 42.0 Å². The third kappa shape index (κ3) is 3.73. The first-order chi connectivity index (χ1) is 19.4. The number of benzene rings is 1. The molecule has 0 aromatic heterocycles. The molecular formula is C33H47NO7. The van der Waals surface area contributed by atoms with Crippen LogP contribution in [0.15, 0.2) is 12.1 Å². The van der Waals surface area contributed by atoms with Gasteiger partial charge in [-0.3, -0.25) is 4.90 Å². The zero-order valence-corrected chi connectivity index (χ0v) is 25.3. The molecule has 226 valence electrons. The average molecular weight is 570 g/mol. The van der Waals surface area contributed by atoms with Crippen LogP contribution >= 0.6 is 0 Å². The first-order valence-corrected chi connectivity index (χ1v) is 15.7. The molecule has 8 rings (SSSR count). The molecule has 2 spiro atoms. The maximum Gasteiger partial charge on any atom is 0.337 e. The highest BCUT2D eigenvalue weighted by Crippen LogP contribution is 2.77. The Labute approximate surface area is 243 Å². The van der Waals surface area contributed by atoms with Crippen molar-refractivity contribution in [1.82, 2.24) is 4.90 Å². The van der Waals surface area contributed by atoms with Crippen LogP contribution in [0.5, 0.6) is 11.5 Å². The topological polar surface area (TPSA) is 97.7 Å². The van der Waals surface area contributed by atoms with Crippen LogP contribution in [0, 0.1) is 22.7 Å². The maximum atomic E-state index is 12.8. The summed E-state index contributed by atoms with van der Waals surface area (Å²) >= 11 is 0. The highest BCUT2D eigenvalue weighted by Gasteiger charge is 2.82. The van der Waals surface area contributed by atoms with Gasteiger partial charge in [-0.25, -0.2) is 4.79 Å². The van der Waals surface area contributed by atoms with E-state index in [1.807, 2.05) is 13.0 Å². The van der Waals surface area contributed by atoms with E-state index < -0.39 is 28.7 Å². The summed E-state index contributed by atoms with van der Waals surface area (Å²) in [7, 11) is 1.59. The van der Waals surface area contributed by atoms with Gasteiger partial charge in [0.15, 0.2) is 11.5 Å². The summed E-state index contributed by atoms with van der Waals surface area (Å²) in [5, 5.41) is 25.0. The van der Waals surface area contributed by atoms with Crippen molar-refractivity contribution < 1.29 is 34.0 Å². The van der Waals surface area contributed by atoms with Crippen LogP contribution in [0.25, 0.3) is 0 Å². The molecule has 8 nitrogen and oxygen atoms in total. The Morgan fingerprint density at radius 3 is 2.63 bits per heavy atom. The van der Waals surface area contributed by atoms with Gasteiger partial charge < -0.3 is 29.2 Å². The first-order valence-electron chi connectivity index (χ1n) is 15.7. The SMILES string of the molecule is COCCOCC(=O)Oc1ccc2c3c1O[C@@H]1C34CCN(CC3CC3)[C@H](C2)C42CC[C@]1(O)[C@@H]([C@](C)(O)C(C)(C)C)C2. The normalized spacial score (nSPS) is 38.3. The van der Waals surface area contributed by atoms with E-state index >= 15 is 0 Å². The van der Waals surface area contributed by atoms with Gasteiger partial charge in [0.2, 0.25) is 0 Å². The number of rotatable bonds is 9. The second-order valence-electron chi connectivity index (χ2n) is 15.1. The molecule has 41 heavy (non-hydrogen) atoms. The van der Waals surface area contributed by atoms with E-state index in [4.69, 9.17) is 18.9 Å². The highest BCUT2D eigenvalue weighted by molar-refractivity contribution is 5.76. The summed E-state index contributed by atoms with van der Waals surface area (Å²) < 4.78 is 23.2. The molecule has 4 saturated carbocycles. The van der Waals surface area contributed by atoms with Crippen LogP contribution in [0.2, 0.25) is 0 Å². The molecule has 7 aliphatic rings. The Balaban J connectivity index is 1.33. The summed E-state index contributed by atoms with van der Waals surface area (Å²) in [4.78, 5) is 15.5. The minimum absolute atomic E-state index is 0.126. The number of nitrogens with zero attached hydrogens (tertiary/aromatic N) is 1. The smallest absolute Gasteiger partial charge is 0.337 e. The lowest BCUT2D eigenvalue weighted by Gasteiger charge is -2.75. The molecule has 8 heteroatoms. The van der Waals surface area contributed by atoms with Gasteiger partial charge in [-0.2, -0.15) is 0 Å². The van der Waals surface area contributed by atoms with Crippen molar-refractivity contribution in [1.29, 1.82) is 0 Å². The maximum absolute atomic E-state index is 12.8. The van der Waals surface area contributed by atoms with Crippen molar-refractivity contribution in [3.8, 4) is 11.5 Å². The van der Waals surface area contributed by atoms with Crippen molar-refractivity contribution in [3.63, 3.8) is 0 Å². The number of carbonyl (C=O) groups is 1. The van der Waals surface area contributed by atoms with Crippen molar-refractivity contribution >= 4 is 5.97 Å². The summed E-state index contributed by atoms with van der Waals surface area (Å²) in [5.74, 6) is 1.00. The molecule has 2 heterocycles. The monoisotopic (exact) mass is 569 g/mol. The van der Waals surface area contributed by atoms with E-state index in [1.165, 1.54) is 18.4 Å². The van der Waals surface area contributed by atoms with Crippen molar-refractivity contribution in [2.75, 3.05) is 40.0 Å². The molecule has 1 aromatic rings. The van der Waals surface area contributed by atoms with Crippen LogP contribution in [-0.4, -0.2) is 84.5 Å². The number of hydrogen-bond donors (Lipinski definition) is 2. The third-order valence-electron chi connectivity index (χ3n) is 12.4. The minimum Gasteiger partial charge on any atom is -0.482 e. The predicted molar refractivity (Wildman–Crippen MR) is 152 cm³/mol. The molecule has 2 aliphatic heterocycles. The number of carbonyl (C=O) groups excluding carboxylic acids is 1. The van der Waals surface area contributed by atoms with Gasteiger partial charge in [0.05, 0.1) is 18.8 Å². The molecule has 0 amide bonds. The average Bonchev–Trinajstić information content (AvgIpc) is 3.65. The van der Waals surface area contributed by atoms with Gasteiger partial charge >= 0.3 is 5.97 Å². The molecule has 4 bridgehead atoms. The molecule has 2 unspecified atom stereocenters. The zero-order valence-electron chi connectivity index (χ0n) is 25.3. The molecule has 5 fully saturated rings. The molecule has 1 saturated heterocycles. The van der Waals surface area contributed by atoms with Gasteiger partial charge in [0.25, 0.3) is 0 Å². The van der Waals surface area contributed by atoms with Crippen LogP contribution in [0.1, 0.15) is 77.3 Å². The van der Waals surface area contributed by atoms with Gasteiger partial charge in [-0.05, 0) is 81.4 Å². The lowest BCUT2D eigenvalue weighted by atomic mass is 9.33. The summed E-state index contributed by atoms with van der Waals surface area (Å²) in [6.45, 7) is 10.8. The number of esters is 1. The Bertz CT molecular complexity index is 1240. The van der Waals surface area contributed by atoms with E-state index in [0.717, 1.165) is 50.3 Å². The number of ether oxygens (including phenoxy) is 4. The van der Waals surface area contributed by atoms with Crippen LogP contribution < -0.4 is 9.47 Å². The van der Waals surface area contributed by atoms with E-state index in [9.17, 15) is 15.0 Å². The lowest BCUT2D eigenvalue weighted by molar-refractivity contribution is -0.305. The van der Waals surface area contributed by atoms with Crippen molar-refractivity contribution in [2.24, 2.45) is 22.7 Å². The van der Waals surface area contributed by atoms with Crippen LogP contribution in [-0.2, 0) is 26.1 Å². The quantitative estimate of drug-likeness (QED) is 0.265. The summed E-state index contributed by atoms with van der Waals surface area (Å²) in [6, 6.07) is 4.33. The summed E-state index contributed by atoms with van der Waals surface area (Å²) in [5.41, 5.74) is -0.798. The highest BCUT2D eigenvalue weighted by atomic mass is 16.6. The predicted octanol–water partition coefficient (Wildman–Crippen LogP) is 3.62. The van der Waals surface area contributed by atoms with Crippen molar-refractivity contribution in [2.45, 2.75) is 101 Å². The fraction of sp³-hybridized carbons (Fsp3) is 0.788. The molecule has 7 atom stereocenters. The van der Waals surface area contributed by atoms with Gasteiger partial charge in [0.1, 0.15) is 18.3 Å². The van der Waals surface area contributed by atoms with Gasteiger partial charge in [-0.1, -0.05) is 26.8 Å². The van der Waals surface area contributed by atoms with E-state index in [0.29, 0.717) is 37.2 Å². The van der Waals surface area contributed by atoms with E-state index in [1.54, 1.807) is 7.11 Å². The molecule has 1 aromatic carbocycles.